The van der Waals surface area contributed by atoms with E-state index in [9.17, 15) is 0 Å². The molecule has 0 aliphatic heterocycles. The van der Waals surface area contributed by atoms with Crippen molar-refractivity contribution in [2.75, 3.05) is 5.32 Å². The predicted octanol–water partition coefficient (Wildman–Crippen LogP) is 2.60. The van der Waals surface area contributed by atoms with Crippen molar-refractivity contribution < 1.29 is 4.42 Å². The zero-order valence-corrected chi connectivity index (χ0v) is 8.03. The van der Waals surface area contributed by atoms with Gasteiger partial charge in [0.1, 0.15) is 0 Å². The van der Waals surface area contributed by atoms with Crippen LogP contribution in [0.3, 0.4) is 0 Å². The quantitative estimate of drug-likeness (QED) is 0.804. The molecule has 72 valence electrons. The molecule has 0 spiro atoms. The van der Waals surface area contributed by atoms with Gasteiger partial charge in [0.05, 0.1) is 24.4 Å². The Hall–Kier alpha value is -1.77. The fourth-order valence-corrected chi connectivity index (χ4v) is 1.17. The fraction of sp³-hybridized carbons (Fsp3) is 0.182. The van der Waals surface area contributed by atoms with Crippen LogP contribution >= 0.6 is 0 Å². The summed E-state index contributed by atoms with van der Waals surface area (Å²) >= 11 is 0. The number of hydrogen-bond acceptors (Lipinski definition) is 3. The highest BCUT2D eigenvalue weighted by molar-refractivity contribution is 5.41. The molecule has 0 aromatic carbocycles. The number of nitrogens with zero attached hydrogens (tertiary/aromatic N) is 1. The smallest absolute Gasteiger partial charge is 0.0952 e. The minimum absolute atomic E-state index is 0.765. The molecule has 2 heterocycles. The lowest BCUT2D eigenvalue weighted by Gasteiger charge is -2.03. The van der Waals surface area contributed by atoms with Gasteiger partial charge in [-0.2, -0.15) is 0 Å². The first-order chi connectivity index (χ1) is 6.84. The zero-order valence-electron chi connectivity index (χ0n) is 8.03. The molecule has 0 unspecified atom stereocenters. The van der Waals surface area contributed by atoms with Crippen LogP contribution in [0.2, 0.25) is 0 Å². The normalized spacial score (nSPS) is 10.1. The first-order valence-electron chi connectivity index (χ1n) is 4.52. The van der Waals surface area contributed by atoms with E-state index < -0.39 is 0 Å². The maximum atomic E-state index is 4.97. The van der Waals surface area contributed by atoms with Gasteiger partial charge in [-0.1, -0.05) is 0 Å². The average Bonchev–Trinajstić information content (AvgIpc) is 2.70. The lowest BCUT2D eigenvalue weighted by atomic mass is 10.3. The summed E-state index contributed by atoms with van der Waals surface area (Å²) in [5, 5.41) is 3.25. The maximum Gasteiger partial charge on any atom is 0.0952 e. The van der Waals surface area contributed by atoms with E-state index in [1.165, 1.54) is 0 Å². The molecule has 2 aromatic rings. The van der Waals surface area contributed by atoms with Gasteiger partial charge in [0.25, 0.3) is 0 Å². The monoisotopic (exact) mass is 188 g/mol. The molecule has 0 amide bonds. The van der Waals surface area contributed by atoms with Crippen molar-refractivity contribution in [2.45, 2.75) is 13.5 Å². The first-order valence-corrected chi connectivity index (χ1v) is 4.52. The molecule has 0 aliphatic carbocycles. The first kappa shape index (κ1) is 8.81. The van der Waals surface area contributed by atoms with Crippen molar-refractivity contribution in [2.24, 2.45) is 0 Å². The molecule has 0 fully saturated rings. The lowest BCUT2D eigenvalue weighted by molar-refractivity contribution is 0.564. The number of furan rings is 1. The molecule has 0 radical (unpaired) electrons. The Bertz CT molecular complexity index is 378. The highest BCUT2D eigenvalue weighted by Gasteiger charge is 1.94. The fourth-order valence-electron chi connectivity index (χ4n) is 1.17. The summed E-state index contributed by atoms with van der Waals surface area (Å²) in [5.41, 5.74) is 3.18. The molecule has 0 bridgehead atoms. The van der Waals surface area contributed by atoms with Crippen LogP contribution in [0, 0.1) is 6.92 Å². The molecular weight excluding hydrogens is 176 g/mol. The molecule has 3 heteroatoms. The van der Waals surface area contributed by atoms with Crippen LogP contribution in [-0.4, -0.2) is 4.98 Å². The van der Waals surface area contributed by atoms with Gasteiger partial charge in [-0.25, -0.2) is 0 Å². The third kappa shape index (κ3) is 2.13. The summed E-state index contributed by atoms with van der Waals surface area (Å²) in [6.45, 7) is 2.74. The van der Waals surface area contributed by atoms with E-state index in [2.05, 4.69) is 10.3 Å². The minimum Gasteiger partial charge on any atom is -0.472 e. The molecule has 3 nitrogen and oxygen atoms in total. The number of nitrogens with one attached hydrogen (secondary N) is 1. The number of anilines is 1. The average molecular weight is 188 g/mol. The van der Waals surface area contributed by atoms with Crippen molar-refractivity contribution >= 4 is 5.69 Å². The van der Waals surface area contributed by atoms with Crippen molar-refractivity contribution in [3.63, 3.8) is 0 Å². The lowest BCUT2D eigenvalue weighted by Crippen LogP contribution is -1.98. The van der Waals surface area contributed by atoms with Crippen molar-refractivity contribution in [3.8, 4) is 0 Å². The number of hydrogen-bond donors (Lipinski definition) is 1. The standard InChI is InChI=1S/C11H12N2O/c1-9-2-3-11(7-12-9)13-6-10-4-5-14-8-10/h2-5,7-8,13H,6H2,1H3. The van der Waals surface area contributed by atoms with Crippen molar-refractivity contribution in [3.05, 3.63) is 48.2 Å². The third-order valence-corrected chi connectivity index (χ3v) is 1.99. The Morgan fingerprint density at radius 1 is 1.36 bits per heavy atom. The Balaban J connectivity index is 1.95. The van der Waals surface area contributed by atoms with E-state index in [4.69, 9.17) is 4.42 Å². The second kappa shape index (κ2) is 3.96. The van der Waals surface area contributed by atoms with Crippen molar-refractivity contribution in [1.29, 1.82) is 0 Å². The molecule has 0 atom stereocenters. The Kier molecular flexibility index (Phi) is 2.49. The predicted molar refractivity (Wildman–Crippen MR) is 55.0 cm³/mol. The topological polar surface area (TPSA) is 38.1 Å². The second-order valence-corrected chi connectivity index (χ2v) is 3.17. The minimum atomic E-state index is 0.765. The molecule has 0 saturated heterocycles. The molecule has 0 saturated carbocycles. The van der Waals surface area contributed by atoms with Gasteiger partial charge in [-0.15, -0.1) is 0 Å². The van der Waals surface area contributed by atoms with Gasteiger partial charge in [0.2, 0.25) is 0 Å². The summed E-state index contributed by atoms with van der Waals surface area (Å²) in [7, 11) is 0. The Labute approximate surface area is 82.8 Å². The van der Waals surface area contributed by atoms with E-state index in [0.717, 1.165) is 23.5 Å². The van der Waals surface area contributed by atoms with Crippen LogP contribution in [0.5, 0.6) is 0 Å². The highest BCUT2D eigenvalue weighted by atomic mass is 16.3. The van der Waals surface area contributed by atoms with Crippen LogP contribution in [0.25, 0.3) is 0 Å². The van der Waals surface area contributed by atoms with Gasteiger partial charge in [0.15, 0.2) is 0 Å². The van der Waals surface area contributed by atoms with E-state index in [-0.39, 0.29) is 0 Å². The van der Waals surface area contributed by atoms with Gasteiger partial charge < -0.3 is 9.73 Å². The van der Waals surface area contributed by atoms with E-state index in [0.29, 0.717) is 0 Å². The molecule has 14 heavy (non-hydrogen) atoms. The number of aromatic nitrogens is 1. The summed E-state index contributed by atoms with van der Waals surface area (Å²) in [6, 6.07) is 5.94. The summed E-state index contributed by atoms with van der Waals surface area (Å²) < 4.78 is 4.97. The summed E-state index contributed by atoms with van der Waals surface area (Å²) in [5.74, 6) is 0. The summed E-state index contributed by atoms with van der Waals surface area (Å²) in [4.78, 5) is 4.19. The number of rotatable bonds is 3. The summed E-state index contributed by atoms with van der Waals surface area (Å²) in [6.07, 6.45) is 5.23. The molecule has 1 N–H and O–H groups in total. The number of aryl methyl sites for hydroxylation is 1. The zero-order chi connectivity index (χ0) is 9.80. The SMILES string of the molecule is Cc1ccc(NCc2ccoc2)cn1. The van der Waals surface area contributed by atoms with Gasteiger partial charge in [-0.3, -0.25) is 4.98 Å². The van der Waals surface area contributed by atoms with Crippen LogP contribution in [-0.2, 0) is 6.54 Å². The van der Waals surface area contributed by atoms with E-state index in [1.54, 1.807) is 12.5 Å². The van der Waals surface area contributed by atoms with Crippen LogP contribution in [0.1, 0.15) is 11.3 Å². The van der Waals surface area contributed by atoms with Gasteiger partial charge in [-0.05, 0) is 25.1 Å². The maximum absolute atomic E-state index is 4.97. The Morgan fingerprint density at radius 2 is 2.29 bits per heavy atom. The van der Waals surface area contributed by atoms with Crippen LogP contribution in [0.15, 0.2) is 41.3 Å². The Morgan fingerprint density at radius 3 is 2.93 bits per heavy atom. The molecular formula is C11H12N2O. The number of pyridine rings is 1. The molecule has 0 aliphatic rings. The van der Waals surface area contributed by atoms with Gasteiger partial charge >= 0.3 is 0 Å². The van der Waals surface area contributed by atoms with Crippen LogP contribution in [0.4, 0.5) is 5.69 Å². The van der Waals surface area contributed by atoms with E-state index >= 15 is 0 Å². The van der Waals surface area contributed by atoms with Gasteiger partial charge in [0, 0.05) is 17.8 Å². The van der Waals surface area contributed by atoms with Crippen LogP contribution < -0.4 is 5.32 Å². The van der Waals surface area contributed by atoms with Crippen molar-refractivity contribution in [1.82, 2.24) is 4.98 Å². The second-order valence-electron chi connectivity index (χ2n) is 3.17. The largest absolute Gasteiger partial charge is 0.472 e. The highest BCUT2D eigenvalue weighted by Crippen LogP contribution is 2.08. The molecule has 2 rings (SSSR count). The van der Waals surface area contributed by atoms with E-state index in [1.807, 2.05) is 31.3 Å². The third-order valence-electron chi connectivity index (χ3n) is 1.99. The molecule has 2 aromatic heterocycles.